The zero-order valence-electron chi connectivity index (χ0n) is 12.5. The molecule has 5 heteroatoms. The van der Waals surface area contributed by atoms with Gasteiger partial charge in [-0.1, -0.05) is 0 Å². The number of esters is 1. The molecule has 2 aromatic heterocycles. The van der Waals surface area contributed by atoms with Gasteiger partial charge in [0.1, 0.15) is 5.69 Å². The Morgan fingerprint density at radius 1 is 1.33 bits per heavy atom. The number of carbonyl (C=O) groups is 1. The van der Waals surface area contributed by atoms with Gasteiger partial charge in [-0.25, -0.2) is 14.8 Å². The Morgan fingerprint density at radius 2 is 2.10 bits per heavy atom. The van der Waals surface area contributed by atoms with E-state index < -0.39 is 0 Å². The molecule has 3 rings (SSSR count). The van der Waals surface area contributed by atoms with Crippen LogP contribution < -0.4 is 0 Å². The van der Waals surface area contributed by atoms with E-state index in [0.717, 1.165) is 39.8 Å². The van der Waals surface area contributed by atoms with Crippen LogP contribution in [0.1, 0.15) is 51.6 Å². The fourth-order valence-corrected chi connectivity index (χ4v) is 3.25. The molecule has 0 spiro atoms. The molecule has 1 saturated carbocycles. The van der Waals surface area contributed by atoms with Gasteiger partial charge in [0.05, 0.1) is 28.6 Å². The maximum atomic E-state index is 12.0. The summed E-state index contributed by atoms with van der Waals surface area (Å²) in [5.74, 6) is 0.119. The molecule has 1 aliphatic carbocycles. The van der Waals surface area contributed by atoms with Crippen LogP contribution in [-0.4, -0.2) is 22.5 Å². The summed E-state index contributed by atoms with van der Waals surface area (Å²) in [5.41, 5.74) is 3.25. The Balaban J connectivity index is 2.03. The number of carbonyl (C=O) groups excluding carboxylic acids is 1. The number of aromatic nitrogens is 2. The van der Waals surface area contributed by atoms with Crippen LogP contribution in [0, 0.1) is 13.8 Å². The molecule has 0 N–H and O–H groups in total. The molecule has 0 saturated heterocycles. The molecule has 0 atom stereocenters. The van der Waals surface area contributed by atoms with Crippen LogP contribution in [-0.2, 0) is 4.74 Å². The third kappa shape index (κ3) is 2.83. The predicted molar refractivity (Wildman–Crippen MR) is 82.8 cm³/mol. The van der Waals surface area contributed by atoms with Gasteiger partial charge < -0.3 is 4.74 Å². The minimum Gasteiger partial charge on any atom is -0.462 e. The average Bonchev–Trinajstić information content (AvgIpc) is 3.24. The summed E-state index contributed by atoms with van der Waals surface area (Å²) < 4.78 is 5.13. The second-order valence-corrected chi connectivity index (χ2v) is 6.67. The number of thiazole rings is 1. The van der Waals surface area contributed by atoms with E-state index in [0.29, 0.717) is 18.1 Å². The Labute approximate surface area is 128 Å². The Hall–Kier alpha value is -1.75. The lowest BCUT2D eigenvalue weighted by molar-refractivity contribution is 0.0524. The third-order valence-electron chi connectivity index (χ3n) is 3.53. The minimum atomic E-state index is -0.273. The third-order valence-corrected chi connectivity index (χ3v) is 4.42. The summed E-state index contributed by atoms with van der Waals surface area (Å²) in [6, 6.07) is 3.71. The topological polar surface area (TPSA) is 52.1 Å². The molecular weight excluding hydrogens is 284 g/mol. The van der Waals surface area contributed by atoms with E-state index in [-0.39, 0.29) is 5.97 Å². The summed E-state index contributed by atoms with van der Waals surface area (Å²) in [4.78, 5) is 22.5. The molecular formula is C16H18N2O2S. The van der Waals surface area contributed by atoms with E-state index in [1.807, 2.05) is 26.0 Å². The number of rotatable bonds is 4. The van der Waals surface area contributed by atoms with Crippen molar-refractivity contribution in [3.63, 3.8) is 0 Å². The molecule has 2 aromatic rings. The normalized spacial score (nSPS) is 14.2. The maximum absolute atomic E-state index is 12.0. The molecule has 110 valence electrons. The first kappa shape index (κ1) is 14.2. The van der Waals surface area contributed by atoms with Crippen molar-refractivity contribution in [1.82, 2.24) is 9.97 Å². The summed E-state index contributed by atoms with van der Waals surface area (Å²) in [6.07, 6.45) is 2.19. The van der Waals surface area contributed by atoms with Crippen LogP contribution in [0.15, 0.2) is 12.1 Å². The van der Waals surface area contributed by atoms with Crippen LogP contribution in [0.25, 0.3) is 11.4 Å². The highest BCUT2D eigenvalue weighted by Crippen LogP contribution is 2.41. The first-order valence-corrected chi connectivity index (χ1v) is 8.04. The van der Waals surface area contributed by atoms with Crippen LogP contribution in [0.2, 0.25) is 0 Å². The van der Waals surface area contributed by atoms with Gasteiger partial charge in [-0.2, -0.15) is 0 Å². The fraction of sp³-hybridized carbons (Fsp3) is 0.438. The van der Waals surface area contributed by atoms with Crippen molar-refractivity contribution < 1.29 is 9.53 Å². The van der Waals surface area contributed by atoms with Crippen LogP contribution >= 0.6 is 11.3 Å². The Bertz CT molecular complexity index is 690. The zero-order chi connectivity index (χ0) is 15.0. The van der Waals surface area contributed by atoms with Crippen molar-refractivity contribution in [3.8, 4) is 11.4 Å². The van der Waals surface area contributed by atoms with Crippen LogP contribution in [0.4, 0.5) is 0 Å². The predicted octanol–water partition coefficient (Wildman–Crippen LogP) is 3.88. The molecule has 0 unspecified atom stereocenters. The number of pyridine rings is 1. The number of hydrogen-bond donors (Lipinski definition) is 0. The quantitative estimate of drug-likeness (QED) is 0.804. The molecule has 0 aliphatic heterocycles. The first-order valence-electron chi connectivity index (χ1n) is 7.22. The highest BCUT2D eigenvalue weighted by Gasteiger charge is 2.31. The van der Waals surface area contributed by atoms with E-state index in [4.69, 9.17) is 9.72 Å². The largest absolute Gasteiger partial charge is 0.462 e. The van der Waals surface area contributed by atoms with Crippen molar-refractivity contribution >= 4 is 17.3 Å². The lowest BCUT2D eigenvalue weighted by Crippen LogP contribution is -2.09. The van der Waals surface area contributed by atoms with Gasteiger partial charge in [0, 0.05) is 10.8 Å². The monoisotopic (exact) mass is 302 g/mol. The smallest absolute Gasteiger partial charge is 0.339 e. The molecule has 0 radical (unpaired) electrons. The number of hydrogen-bond acceptors (Lipinski definition) is 5. The standard InChI is InChI=1S/C16H18N2O2S/c1-4-20-16(19)12-7-8-13(18-15(12)11-5-6-11)14-9(2)21-10(3)17-14/h7-8,11H,4-6H2,1-3H3. The molecule has 21 heavy (non-hydrogen) atoms. The molecule has 1 aliphatic rings. The van der Waals surface area contributed by atoms with Crippen LogP contribution in [0.3, 0.4) is 0 Å². The van der Waals surface area contributed by atoms with E-state index >= 15 is 0 Å². The lowest BCUT2D eigenvalue weighted by atomic mass is 10.1. The van der Waals surface area contributed by atoms with Gasteiger partial charge in [-0.05, 0) is 45.7 Å². The van der Waals surface area contributed by atoms with E-state index in [1.165, 1.54) is 0 Å². The summed E-state index contributed by atoms with van der Waals surface area (Å²) in [6.45, 7) is 6.25. The minimum absolute atomic E-state index is 0.273. The number of aryl methyl sites for hydroxylation is 2. The van der Waals surface area contributed by atoms with Crippen LogP contribution in [0.5, 0.6) is 0 Å². The van der Waals surface area contributed by atoms with Gasteiger partial charge in [0.15, 0.2) is 0 Å². The van der Waals surface area contributed by atoms with Gasteiger partial charge >= 0.3 is 5.97 Å². The van der Waals surface area contributed by atoms with Crippen molar-refractivity contribution in [2.24, 2.45) is 0 Å². The molecule has 4 nitrogen and oxygen atoms in total. The highest BCUT2D eigenvalue weighted by atomic mass is 32.1. The number of ether oxygens (including phenoxy) is 1. The molecule has 2 heterocycles. The first-order chi connectivity index (χ1) is 10.1. The van der Waals surface area contributed by atoms with Gasteiger partial charge in [0.25, 0.3) is 0 Å². The fourth-order valence-electron chi connectivity index (χ4n) is 2.42. The molecule has 0 bridgehead atoms. The Morgan fingerprint density at radius 3 is 2.67 bits per heavy atom. The molecule has 0 amide bonds. The lowest BCUT2D eigenvalue weighted by Gasteiger charge is -2.09. The second-order valence-electron chi connectivity index (χ2n) is 5.26. The summed E-state index contributed by atoms with van der Waals surface area (Å²) in [5, 5.41) is 1.03. The van der Waals surface area contributed by atoms with Gasteiger partial charge in [0.2, 0.25) is 0 Å². The van der Waals surface area contributed by atoms with Gasteiger partial charge in [-0.15, -0.1) is 11.3 Å². The maximum Gasteiger partial charge on any atom is 0.339 e. The Kier molecular flexibility index (Phi) is 3.76. The highest BCUT2D eigenvalue weighted by molar-refractivity contribution is 7.11. The van der Waals surface area contributed by atoms with Crippen molar-refractivity contribution in [3.05, 3.63) is 33.3 Å². The van der Waals surface area contributed by atoms with Crippen molar-refractivity contribution in [2.45, 2.75) is 39.5 Å². The molecule has 1 fully saturated rings. The van der Waals surface area contributed by atoms with Crippen molar-refractivity contribution in [2.75, 3.05) is 6.61 Å². The van der Waals surface area contributed by atoms with Crippen molar-refractivity contribution in [1.29, 1.82) is 0 Å². The second kappa shape index (κ2) is 5.56. The SMILES string of the molecule is CCOC(=O)c1ccc(-c2nc(C)sc2C)nc1C1CC1. The summed E-state index contributed by atoms with van der Waals surface area (Å²) >= 11 is 1.67. The van der Waals surface area contributed by atoms with Gasteiger partial charge in [-0.3, -0.25) is 0 Å². The zero-order valence-corrected chi connectivity index (χ0v) is 13.3. The van der Waals surface area contributed by atoms with E-state index in [1.54, 1.807) is 11.3 Å². The summed E-state index contributed by atoms with van der Waals surface area (Å²) in [7, 11) is 0. The number of nitrogens with zero attached hydrogens (tertiary/aromatic N) is 2. The average molecular weight is 302 g/mol. The molecule has 0 aromatic carbocycles. The van der Waals surface area contributed by atoms with E-state index in [2.05, 4.69) is 11.9 Å². The van der Waals surface area contributed by atoms with E-state index in [9.17, 15) is 4.79 Å².